The molecule has 164 valence electrons. The third-order valence-corrected chi connectivity index (χ3v) is 7.63. The van der Waals surface area contributed by atoms with Crippen LogP contribution in [0.15, 0.2) is 85.1 Å². The van der Waals surface area contributed by atoms with Crippen LogP contribution in [0.25, 0.3) is 31.4 Å². The molecule has 0 bridgehead atoms. The van der Waals surface area contributed by atoms with E-state index in [2.05, 4.69) is 106 Å². The van der Waals surface area contributed by atoms with E-state index in [4.69, 9.17) is 0 Å². The van der Waals surface area contributed by atoms with Crippen molar-refractivity contribution >= 4 is 49.4 Å². The van der Waals surface area contributed by atoms with Crippen LogP contribution < -0.4 is 10.2 Å². The van der Waals surface area contributed by atoms with Crippen molar-refractivity contribution in [3.8, 4) is 10.4 Å². The zero-order chi connectivity index (χ0) is 22.2. The molecule has 0 spiro atoms. The lowest BCUT2D eigenvalue weighted by Gasteiger charge is -2.34. The molecule has 0 radical (unpaired) electrons. The molecule has 0 amide bonds. The van der Waals surface area contributed by atoms with Gasteiger partial charge in [0.05, 0.1) is 5.52 Å². The number of benzene rings is 3. The van der Waals surface area contributed by atoms with Crippen LogP contribution in [0.5, 0.6) is 0 Å². The summed E-state index contributed by atoms with van der Waals surface area (Å²) in [5, 5.41) is 6.05. The average Bonchev–Trinajstić information content (AvgIpc) is 3.30. The maximum atomic E-state index is 4.60. The molecule has 3 aromatic carbocycles. The monoisotopic (exact) mass is 450 g/mol. The van der Waals surface area contributed by atoms with Crippen molar-refractivity contribution in [1.29, 1.82) is 0 Å². The molecule has 1 N–H and O–H groups in total. The minimum absolute atomic E-state index is 0.999. The zero-order valence-corrected chi connectivity index (χ0v) is 19.5. The maximum absolute atomic E-state index is 4.60. The van der Waals surface area contributed by atoms with Gasteiger partial charge in [0.2, 0.25) is 0 Å². The first kappa shape index (κ1) is 20.2. The quantitative estimate of drug-likeness (QED) is 0.334. The number of pyridine rings is 1. The van der Waals surface area contributed by atoms with Gasteiger partial charge < -0.3 is 15.1 Å². The van der Waals surface area contributed by atoms with Crippen LogP contribution in [0, 0.1) is 0 Å². The molecule has 1 fully saturated rings. The van der Waals surface area contributed by atoms with E-state index in [-0.39, 0.29) is 0 Å². The number of likely N-dealkylation sites (N-methyl/N-ethyl adjacent to an activating group) is 1. The van der Waals surface area contributed by atoms with Crippen molar-refractivity contribution in [2.45, 2.75) is 0 Å². The van der Waals surface area contributed by atoms with Crippen LogP contribution >= 0.6 is 11.3 Å². The molecule has 5 aromatic rings. The summed E-state index contributed by atoms with van der Waals surface area (Å²) in [5.41, 5.74) is 5.69. The molecule has 1 aliphatic rings. The van der Waals surface area contributed by atoms with E-state index in [9.17, 15) is 0 Å². The lowest BCUT2D eigenvalue weighted by Crippen LogP contribution is -2.44. The molecule has 1 aliphatic heterocycles. The minimum Gasteiger partial charge on any atom is -0.369 e. The lowest BCUT2D eigenvalue weighted by molar-refractivity contribution is 0.313. The number of thiophene rings is 1. The molecular weight excluding hydrogens is 424 g/mol. The molecule has 6 rings (SSSR count). The summed E-state index contributed by atoms with van der Waals surface area (Å²) < 4.78 is 1.32. The lowest BCUT2D eigenvalue weighted by atomic mass is 10.1. The van der Waals surface area contributed by atoms with E-state index in [0.29, 0.717) is 0 Å². The summed E-state index contributed by atoms with van der Waals surface area (Å²) >= 11 is 1.84. The predicted octanol–water partition coefficient (Wildman–Crippen LogP) is 6.61. The number of nitrogens with one attached hydrogen (secondary N) is 1. The fourth-order valence-electron chi connectivity index (χ4n) is 4.51. The summed E-state index contributed by atoms with van der Waals surface area (Å²) in [7, 11) is 2.19. The van der Waals surface area contributed by atoms with E-state index >= 15 is 0 Å². The van der Waals surface area contributed by atoms with Gasteiger partial charge in [0, 0.05) is 64.4 Å². The van der Waals surface area contributed by atoms with Gasteiger partial charge in [-0.2, -0.15) is 0 Å². The molecule has 3 heterocycles. The Bertz CT molecular complexity index is 1380. The fourth-order valence-corrected chi connectivity index (χ4v) is 5.57. The normalized spacial score (nSPS) is 14.8. The molecule has 0 saturated carbocycles. The number of nitrogens with zero attached hydrogens (tertiary/aromatic N) is 3. The molecule has 33 heavy (non-hydrogen) atoms. The summed E-state index contributed by atoms with van der Waals surface area (Å²) in [6.45, 7) is 4.40. The zero-order valence-electron chi connectivity index (χ0n) is 18.7. The number of hydrogen-bond donors (Lipinski definition) is 1. The van der Waals surface area contributed by atoms with Gasteiger partial charge >= 0.3 is 0 Å². The molecule has 0 atom stereocenters. The number of aromatic nitrogens is 1. The van der Waals surface area contributed by atoms with Crippen LogP contribution in [0.4, 0.5) is 17.1 Å². The highest BCUT2D eigenvalue weighted by Crippen LogP contribution is 2.36. The van der Waals surface area contributed by atoms with Gasteiger partial charge in [0.25, 0.3) is 0 Å². The van der Waals surface area contributed by atoms with Crippen LogP contribution in [0.3, 0.4) is 0 Å². The maximum Gasteiger partial charge on any atom is 0.0723 e. The van der Waals surface area contributed by atoms with Gasteiger partial charge in [-0.3, -0.25) is 4.98 Å². The molecule has 1 saturated heterocycles. The van der Waals surface area contributed by atoms with E-state index in [1.54, 1.807) is 0 Å². The summed E-state index contributed by atoms with van der Waals surface area (Å²) in [4.78, 5) is 10.7. The first-order valence-corrected chi connectivity index (χ1v) is 12.2. The SMILES string of the molecule is CN1CCN(c2ccc(Nc3ccnc4ccc(-c5cc6ccccc6s5)cc34)cc2)CC1. The van der Waals surface area contributed by atoms with E-state index in [1.807, 2.05) is 17.5 Å². The largest absolute Gasteiger partial charge is 0.369 e. The number of anilines is 3. The Morgan fingerprint density at radius 3 is 2.48 bits per heavy atom. The second-order valence-electron chi connectivity index (χ2n) is 8.70. The standard InChI is InChI=1S/C28H26N4S/c1-31-14-16-32(17-15-31)23-9-7-22(8-10-23)30-26-12-13-29-25-11-6-21(18-24(25)26)28-19-20-4-2-3-5-27(20)33-28/h2-13,18-19H,14-17H2,1H3,(H,29,30). The smallest absolute Gasteiger partial charge is 0.0723 e. The Balaban J connectivity index is 1.29. The van der Waals surface area contributed by atoms with E-state index < -0.39 is 0 Å². The minimum atomic E-state index is 0.999. The van der Waals surface area contributed by atoms with Crippen LogP contribution in [-0.2, 0) is 0 Å². The van der Waals surface area contributed by atoms with Gasteiger partial charge in [-0.25, -0.2) is 0 Å². The van der Waals surface area contributed by atoms with Crippen LogP contribution in [0.2, 0.25) is 0 Å². The Kier molecular flexibility index (Phi) is 5.21. The van der Waals surface area contributed by atoms with Crippen LogP contribution in [0.1, 0.15) is 0 Å². The number of fused-ring (bicyclic) bond motifs is 2. The highest BCUT2D eigenvalue weighted by atomic mass is 32.1. The van der Waals surface area contributed by atoms with Crippen molar-refractivity contribution in [2.24, 2.45) is 0 Å². The highest BCUT2D eigenvalue weighted by Gasteiger charge is 2.14. The molecule has 2 aromatic heterocycles. The molecular formula is C28H26N4S. The first-order chi connectivity index (χ1) is 16.2. The van der Waals surface area contributed by atoms with Gasteiger partial charge in [-0.15, -0.1) is 11.3 Å². The van der Waals surface area contributed by atoms with Crippen molar-refractivity contribution < 1.29 is 0 Å². The summed E-state index contributed by atoms with van der Waals surface area (Å²) in [6.07, 6.45) is 1.88. The van der Waals surface area contributed by atoms with E-state index in [1.165, 1.54) is 26.2 Å². The van der Waals surface area contributed by atoms with Gasteiger partial charge in [0.1, 0.15) is 0 Å². The average molecular weight is 451 g/mol. The molecule has 0 aliphatic carbocycles. The van der Waals surface area contributed by atoms with Crippen molar-refractivity contribution in [1.82, 2.24) is 9.88 Å². The highest BCUT2D eigenvalue weighted by molar-refractivity contribution is 7.22. The molecule has 5 heteroatoms. The van der Waals surface area contributed by atoms with Crippen molar-refractivity contribution in [2.75, 3.05) is 43.4 Å². The first-order valence-electron chi connectivity index (χ1n) is 11.4. The Labute approximate surface area is 198 Å². The second-order valence-corrected chi connectivity index (χ2v) is 9.78. The number of hydrogen-bond acceptors (Lipinski definition) is 5. The van der Waals surface area contributed by atoms with Crippen LogP contribution in [-0.4, -0.2) is 43.1 Å². The van der Waals surface area contributed by atoms with Crippen molar-refractivity contribution in [3.63, 3.8) is 0 Å². The molecule has 0 unspecified atom stereocenters. The summed E-state index contributed by atoms with van der Waals surface area (Å²) in [5.74, 6) is 0. The summed E-state index contributed by atoms with van der Waals surface area (Å²) in [6, 6.07) is 28.3. The molecule has 4 nitrogen and oxygen atoms in total. The van der Waals surface area contributed by atoms with Gasteiger partial charge in [0.15, 0.2) is 0 Å². The fraction of sp³-hybridized carbons (Fsp3) is 0.179. The number of rotatable bonds is 4. The Hall–Kier alpha value is -3.41. The van der Waals surface area contributed by atoms with Gasteiger partial charge in [-0.05, 0) is 72.6 Å². The van der Waals surface area contributed by atoms with Gasteiger partial charge in [-0.1, -0.05) is 24.3 Å². The Morgan fingerprint density at radius 1 is 0.848 bits per heavy atom. The van der Waals surface area contributed by atoms with E-state index in [0.717, 1.165) is 48.5 Å². The number of piperazine rings is 1. The van der Waals surface area contributed by atoms with Crippen molar-refractivity contribution in [3.05, 3.63) is 85.1 Å². The topological polar surface area (TPSA) is 31.4 Å². The third-order valence-electron chi connectivity index (χ3n) is 6.47. The second kappa shape index (κ2) is 8.50. The Morgan fingerprint density at radius 2 is 1.67 bits per heavy atom. The third kappa shape index (κ3) is 4.06. The predicted molar refractivity (Wildman–Crippen MR) is 142 cm³/mol.